The second kappa shape index (κ2) is 9.75. The molecule has 0 aromatic rings. The summed E-state index contributed by atoms with van der Waals surface area (Å²) in [6.07, 6.45) is 9.32. The number of allylic oxidation sites excluding steroid dienone is 2. The molecule has 88 valence electrons. The van der Waals surface area contributed by atoms with Crippen LogP contribution in [-0.2, 0) is 9.53 Å². The highest BCUT2D eigenvalue weighted by molar-refractivity contribution is 5.69. The van der Waals surface area contributed by atoms with Gasteiger partial charge in [0.1, 0.15) is 0 Å². The van der Waals surface area contributed by atoms with Crippen LogP contribution in [0.2, 0.25) is 0 Å². The highest BCUT2D eigenvalue weighted by atomic mass is 16.5. The van der Waals surface area contributed by atoms with Crippen LogP contribution in [0.1, 0.15) is 52.9 Å². The lowest BCUT2D eigenvalue weighted by Crippen LogP contribution is -2.02. The number of carbonyl (C=O) groups is 1. The second-order valence-electron chi connectivity index (χ2n) is 3.89. The molecule has 0 N–H and O–H groups in total. The summed E-state index contributed by atoms with van der Waals surface area (Å²) < 4.78 is 4.85. The molecule has 0 bridgehead atoms. The SMILES string of the molecule is CCCC(C)C=CCCCC(=O)OCC. The molecule has 0 aliphatic rings. The van der Waals surface area contributed by atoms with Gasteiger partial charge in [0.2, 0.25) is 0 Å². The number of ether oxygens (including phenoxy) is 1. The average molecular weight is 212 g/mol. The van der Waals surface area contributed by atoms with Crippen LogP contribution in [0.3, 0.4) is 0 Å². The normalized spacial score (nSPS) is 13.0. The molecular formula is C13H24O2. The number of hydrogen-bond donors (Lipinski definition) is 0. The topological polar surface area (TPSA) is 26.3 Å². The van der Waals surface area contributed by atoms with Crippen LogP contribution in [0.15, 0.2) is 12.2 Å². The molecule has 1 unspecified atom stereocenters. The zero-order valence-electron chi connectivity index (χ0n) is 10.3. The predicted molar refractivity (Wildman–Crippen MR) is 63.7 cm³/mol. The van der Waals surface area contributed by atoms with Gasteiger partial charge in [-0.3, -0.25) is 4.79 Å². The molecule has 0 saturated heterocycles. The van der Waals surface area contributed by atoms with Crippen molar-refractivity contribution in [2.45, 2.75) is 52.9 Å². The molecule has 2 heteroatoms. The van der Waals surface area contributed by atoms with Gasteiger partial charge >= 0.3 is 5.97 Å². The van der Waals surface area contributed by atoms with Crippen LogP contribution < -0.4 is 0 Å². The minimum Gasteiger partial charge on any atom is -0.466 e. The number of rotatable bonds is 8. The van der Waals surface area contributed by atoms with Gasteiger partial charge in [-0.2, -0.15) is 0 Å². The van der Waals surface area contributed by atoms with E-state index in [4.69, 9.17) is 4.74 Å². The third kappa shape index (κ3) is 9.51. The molecule has 0 saturated carbocycles. The molecule has 0 fully saturated rings. The Morgan fingerprint density at radius 3 is 2.73 bits per heavy atom. The van der Waals surface area contributed by atoms with Crippen molar-refractivity contribution in [3.63, 3.8) is 0 Å². The van der Waals surface area contributed by atoms with Crippen molar-refractivity contribution in [1.82, 2.24) is 0 Å². The summed E-state index contributed by atoms with van der Waals surface area (Å²) >= 11 is 0. The molecule has 0 aliphatic heterocycles. The first-order valence-corrected chi connectivity index (χ1v) is 6.03. The van der Waals surface area contributed by atoms with E-state index in [0.29, 0.717) is 18.9 Å². The first-order chi connectivity index (χ1) is 7.20. The second-order valence-corrected chi connectivity index (χ2v) is 3.89. The van der Waals surface area contributed by atoms with E-state index < -0.39 is 0 Å². The van der Waals surface area contributed by atoms with E-state index >= 15 is 0 Å². The van der Waals surface area contributed by atoms with E-state index in [1.54, 1.807) is 0 Å². The molecule has 15 heavy (non-hydrogen) atoms. The summed E-state index contributed by atoms with van der Waals surface area (Å²) in [5, 5.41) is 0. The molecule has 0 aromatic carbocycles. The van der Waals surface area contributed by atoms with Gasteiger partial charge in [-0.25, -0.2) is 0 Å². The Morgan fingerprint density at radius 1 is 1.40 bits per heavy atom. The first-order valence-electron chi connectivity index (χ1n) is 6.03. The average Bonchev–Trinajstić information content (AvgIpc) is 2.18. The Balaban J connectivity index is 3.41. The Labute approximate surface area is 93.7 Å². The number of hydrogen-bond acceptors (Lipinski definition) is 2. The van der Waals surface area contributed by atoms with Crippen LogP contribution in [0.25, 0.3) is 0 Å². The number of unbranched alkanes of at least 4 members (excludes halogenated alkanes) is 1. The lowest BCUT2D eigenvalue weighted by molar-refractivity contribution is -0.143. The minimum atomic E-state index is -0.0764. The third-order valence-corrected chi connectivity index (χ3v) is 2.27. The Bertz CT molecular complexity index is 185. The van der Waals surface area contributed by atoms with E-state index in [2.05, 4.69) is 26.0 Å². The molecule has 2 nitrogen and oxygen atoms in total. The fourth-order valence-electron chi connectivity index (χ4n) is 1.48. The van der Waals surface area contributed by atoms with Crippen LogP contribution >= 0.6 is 0 Å². The molecule has 0 radical (unpaired) electrons. The van der Waals surface area contributed by atoms with Gasteiger partial charge in [0.25, 0.3) is 0 Å². The maximum Gasteiger partial charge on any atom is 0.305 e. The Hall–Kier alpha value is -0.790. The van der Waals surface area contributed by atoms with Crippen LogP contribution in [0.5, 0.6) is 0 Å². The molecule has 0 amide bonds. The maximum atomic E-state index is 11.0. The van der Waals surface area contributed by atoms with Gasteiger partial charge < -0.3 is 4.74 Å². The lowest BCUT2D eigenvalue weighted by atomic mass is 10.1. The summed E-state index contributed by atoms with van der Waals surface area (Å²) in [5.74, 6) is 0.588. The summed E-state index contributed by atoms with van der Waals surface area (Å²) in [6, 6.07) is 0. The largest absolute Gasteiger partial charge is 0.466 e. The van der Waals surface area contributed by atoms with Crippen molar-refractivity contribution >= 4 is 5.97 Å². The highest BCUT2D eigenvalue weighted by Gasteiger charge is 1.99. The monoisotopic (exact) mass is 212 g/mol. The third-order valence-electron chi connectivity index (χ3n) is 2.27. The maximum absolute atomic E-state index is 11.0. The lowest BCUT2D eigenvalue weighted by Gasteiger charge is -2.02. The fourth-order valence-corrected chi connectivity index (χ4v) is 1.48. The summed E-state index contributed by atoms with van der Waals surface area (Å²) in [4.78, 5) is 11.0. The zero-order chi connectivity index (χ0) is 11.5. The van der Waals surface area contributed by atoms with Crippen LogP contribution in [-0.4, -0.2) is 12.6 Å². The van der Waals surface area contributed by atoms with Crippen molar-refractivity contribution in [3.8, 4) is 0 Å². The molecule has 0 aromatic heterocycles. The van der Waals surface area contributed by atoms with Crippen molar-refractivity contribution in [2.24, 2.45) is 5.92 Å². The molecule has 0 rings (SSSR count). The van der Waals surface area contributed by atoms with Gasteiger partial charge in [-0.15, -0.1) is 0 Å². The standard InChI is InChI=1S/C13H24O2/c1-4-9-12(3)10-7-6-8-11-13(14)15-5-2/h7,10,12H,4-6,8-9,11H2,1-3H3. The smallest absolute Gasteiger partial charge is 0.305 e. The van der Waals surface area contributed by atoms with Crippen LogP contribution in [0.4, 0.5) is 0 Å². The van der Waals surface area contributed by atoms with Crippen molar-refractivity contribution in [1.29, 1.82) is 0 Å². The van der Waals surface area contributed by atoms with Crippen molar-refractivity contribution in [2.75, 3.05) is 6.61 Å². The number of carbonyl (C=O) groups excluding carboxylic acids is 1. The molecule has 0 spiro atoms. The molecule has 1 atom stereocenters. The predicted octanol–water partition coefficient (Wildman–Crippen LogP) is 3.71. The Morgan fingerprint density at radius 2 is 2.13 bits per heavy atom. The van der Waals surface area contributed by atoms with Gasteiger partial charge in [0.15, 0.2) is 0 Å². The van der Waals surface area contributed by atoms with Gasteiger partial charge in [-0.1, -0.05) is 32.4 Å². The van der Waals surface area contributed by atoms with E-state index in [1.165, 1.54) is 12.8 Å². The molecular weight excluding hydrogens is 188 g/mol. The van der Waals surface area contributed by atoms with Crippen LogP contribution in [0, 0.1) is 5.92 Å². The van der Waals surface area contributed by atoms with E-state index in [-0.39, 0.29) is 5.97 Å². The number of esters is 1. The molecule has 0 heterocycles. The van der Waals surface area contributed by atoms with E-state index in [1.807, 2.05) is 6.92 Å². The zero-order valence-corrected chi connectivity index (χ0v) is 10.3. The minimum absolute atomic E-state index is 0.0764. The van der Waals surface area contributed by atoms with Crippen molar-refractivity contribution in [3.05, 3.63) is 12.2 Å². The van der Waals surface area contributed by atoms with Gasteiger partial charge in [0.05, 0.1) is 6.61 Å². The molecule has 0 aliphatic carbocycles. The first kappa shape index (κ1) is 14.2. The summed E-state index contributed by atoms with van der Waals surface area (Å²) in [5.41, 5.74) is 0. The fraction of sp³-hybridized carbons (Fsp3) is 0.769. The highest BCUT2D eigenvalue weighted by Crippen LogP contribution is 2.08. The Kier molecular flexibility index (Phi) is 9.24. The van der Waals surface area contributed by atoms with Crippen molar-refractivity contribution < 1.29 is 9.53 Å². The van der Waals surface area contributed by atoms with E-state index in [9.17, 15) is 4.79 Å². The summed E-state index contributed by atoms with van der Waals surface area (Å²) in [7, 11) is 0. The quantitative estimate of drug-likeness (QED) is 0.348. The van der Waals surface area contributed by atoms with Gasteiger partial charge in [0, 0.05) is 6.42 Å². The summed E-state index contributed by atoms with van der Waals surface area (Å²) in [6.45, 7) is 6.75. The van der Waals surface area contributed by atoms with Gasteiger partial charge in [-0.05, 0) is 32.1 Å². The van der Waals surface area contributed by atoms with E-state index in [0.717, 1.165) is 12.8 Å².